The van der Waals surface area contributed by atoms with E-state index in [1.165, 1.54) is 19.2 Å². The van der Waals surface area contributed by atoms with Crippen molar-refractivity contribution >= 4 is 5.91 Å². The van der Waals surface area contributed by atoms with Gasteiger partial charge in [-0.05, 0) is 6.07 Å². The second-order valence-corrected chi connectivity index (χ2v) is 1.72. The highest BCUT2D eigenvalue weighted by atomic mass is 16.1. The SMILES string of the molecule is CC(N)=O.O=c1cccn[nH]1. The highest BCUT2D eigenvalue weighted by Crippen LogP contribution is 1.60. The number of aromatic nitrogens is 2. The first-order valence-corrected chi connectivity index (χ1v) is 2.88. The van der Waals surface area contributed by atoms with E-state index in [1.807, 2.05) is 0 Å². The van der Waals surface area contributed by atoms with Crippen molar-refractivity contribution in [3.05, 3.63) is 28.7 Å². The molecule has 3 N–H and O–H groups in total. The van der Waals surface area contributed by atoms with Crippen LogP contribution >= 0.6 is 0 Å². The van der Waals surface area contributed by atoms with E-state index in [9.17, 15) is 9.59 Å². The zero-order valence-corrected chi connectivity index (χ0v) is 6.07. The maximum atomic E-state index is 10.2. The van der Waals surface area contributed by atoms with Gasteiger partial charge in [0.2, 0.25) is 5.91 Å². The van der Waals surface area contributed by atoms with Crippen molar-refractivity contribution in [3.8, 4) is 0 Å². The highest BCUT2D eigenvalue weighted by molar-refractivity contribution is 5.70. The van der Waals surface area contributed by atoms with Crippen LogP contribution in [-0.2, 0) is 4.79 Å². The fraction of sp³-hybridized carbons (Fsp3) is 0.167. The average molecular weight is 155 g/mol. The molecule has 0 fully saturated rings. The topological polar surface area (TPSA) is 88.8 Å². The van der Waals surface area contributed by atoms with Gasteiger partial charge in [0.1, 0.15) is 0 Å². The number of nitrogens with two attached hydrogens (primary N) is 1. The molecule has 1 aromatic rings. The van der Waals surface area contributed by atoms with Crippen LogP contribution in [0.5, 0.6) is 0 Å². The van der Waals surface area contributed by atoms with Gasteiger partial charge in [0.05, 0.1) is 0 Å². The zero-order chi connectivity index (χ0) is 8.69. The van der Waals surface area contributed by atoms with Crippen molar-refractivity contribution in [1.29, 1.82) is 0 Å². The molecular weight excluding hydrogens is 146 g/mol. The van der Waals surface area contributed by atoms with Crippen molar-refractivity contribution < 1.29 is 4.79 Å². The third-order valence-electron chi connectivity index (χ3n) is 0.583. The van der Waals surface area contributed by atoms with Gasteiger partial charge in [-0.15, -0.1) is 0 Å². The van der Waals surface area contributed by atoms with Gasteiger partial charge in [-0.25, -0.2) is 5.10 Å². The number of hydrogen-bond donors (Lipinski definition) is 2. The molecule has 0 unspecified atom stereocenters. The first-order valence-electron chi connectivity index (χ1n) is 2.88. The molecule has 0 aliphatic heterocycles. The van der Waals surface area contributed by atoms with Gasteiger partial charge in [-0.3, -0.25) is 9.59 Å². The Morgan fingerprint density at radius 2 is 2.27 bits per heavy atom. The summed E-state index contributed by atoms with van der Waals surface area (Å²) in [6.45, 7) is 1.31. The normalized spacial score (nSPS) is 7.73. The second kappa shape index (κ2) is 5.16. The Hall–Kier alpha value is -1.65. The number of primary amides is 1. The fourth-order valence-corrected chi connectivity index (χ4v) is 0.312. The first kappa shape index (κ1) is 9.35. The predicted octanol–water partition coefficient (Wildman–Crippen LogP) is -0.739. The molecule has 1 amide bonds. The number of carbonyl (C=O) groups excluding carboxylic acids is 1. The molecule has 11 heavy (non-hydrogen) atoms. The summed E-state index contributed by atoms with van der Waals surface area (Å²) in [6, 6.07) is 2.99. The number of nitrogens with zero attached hydrogens (tertiary/aromatic N) is 1. The lowest BCUT2D eigenvalue weighted by atomic mass is 10.6. The second-order valence-electron chi connectivity index (χ2n) is 1.72. The summed E-state index contributed by atoms with van der Waals surface area (Å²) in [5.74, 6) is -0.333. The summed E-state index contributed by atoms with van der Waals surface area (Å²) in [5.41, 5.74) is 4.31. The third kappa shape index (κ3) is 8.35. The largest absolute Gasteiger partial charge is 0.370 e. The third-order valence-corrected chi connectivity index (χ3v) is 0.583. The summed E-state index contributed by atoms with van der Waals surface area (Å²) in [5, 5.41) is 5.67. The number of carbonyl (C=O) groups is 1. The predicted molar refractivity (Wildman–Crippen MR) is 39.7 cm³/mol. The maximum Gasteiger partial charge on any atom is 0.264 e. The first-order chi connectivity index (χ1) is 5.13. The standard InChI is InChI=1S/C4H4N2O.C2H5NO/c7-4-2-1-3-5-6-4;1-2(3)4/h1-3H,(H,6,7);1H3,(H2,3,4). The van der Waals surface area contributed by atoms with E-state index < -0.39 is 0 Å². The molecular formula is C6H9N3O2. The number of rotatable bonds is 0. The summed E-state index contributed by atoms with van der Waals surface area (Å²) in [7, 11) is 0. The minimum absolute atomic E-state index is 0.164. The molecule has 0 saturated heterocycles. The molecule has 0 bridgehead atoms. The fourth-order valence-electron chi connectivity index (χ4n) is 0.312. The molecule has 0 atom stereocenters. The van der Waals surface area contributed by atoms with E-state index in [1.54, 1.807) is 6.07 Å². The molecule has 0 radical (unpaired) electrons. The smallest absolute Gasteiger partial charge is 0.264 e. The van der Waals surface area contributed by atoms with Crippen LogP contribution in [0.25, 0.3) is 0 Å². The van der Waals surface area contributed by atoms with E-state index in [4.69, 9.17) is 0 Å². The molecule has 0 aromatic carbocycles. The van der Waals surface area contributed by atoms with Gasteiger partial charge in [-0.1, -0.05) is 0 Å². The number of hydrogen-bond acceptors (Lipinski definition) is 3. The van der Waals surface area contributed by atoms with E-state index >= 15 is 0 Å². The van der Waals surface area contributed by atoms with Crippen LogP contribution in [0.3, 0.4) is 0 Å². The minimum Gasteiger partial charge on any atom is -0.370 e. The van der Waals surface area contributed by atoms with E-state index in [0.717, 1.165) is 0 Å². The van der Waals surface area contributed by atoms with E-state index in [0.29, 0.717) is 0 Å². The molecule has 0 saturated carbocycles. The van der Waals surface area contributed by atoms with Crippen molar-refractivity contribution in [2.45, 2.75) is 6.92 Å². The Morgan fingerprint density at radius 1 is 1.73 bits per heavy atom. The molecule has 1 heterocycles. The quantitative estimate of drug-likeness (QED) is 0.517. The van der Waals surface area contributed by atoms with Gasteiger partial charge in [0.25, 0.3) is 5.56 Å². The van der Waals surface area contributed by atoms with Gasteiger partial charge < -0.3 is 5.73 Å². The van der Waals surface area contributed by atoms with Crippen molar-refractivity contribution in [2.75, 3.05) is 0 Å². The zero-order valence-electron chi connectivity index (χ0n) is 6.07. The van der Waals surface area contributed by atoms with E-state index in [-0.39, 0.29) is 11.5 Å². The summed E-state index contributed by atoms with van der Waals surface area (Å²) >= 11 is 0. The average Bonchev–Trinajstić information content (AvgIpc) is 1.87. The summed E-state index contributed by atoms with van der Waals surface area (Å²) < 4.78 is 0. The number of aromatic amines is 1. The molecule has 0 aliphatic carbocycles. The minimum atomic E-state index is -0.333. The van der Waals surface area contributed by atoms with Crippen LogP contribution in [-0.4, -0.2) is 16.1 Å². The van der Waals surface area contributed by atoms with Crippen LogP contribution in [0.4, 0.5) is 0 Å². The Morgan fingerprint density at radius 3 is 2.45 bits per heavy atom. The van der Waals surface area contributed by atoms with Crippen LogP contribution in [0.15, 0.2) is 23.1 Å². The van der Waals surface area contributed by atoms with Gasteiger partial charge >= 0.3 is 0 Å². The molecule has 0 spiro atoms. The lowest BCUT2D eigenvalue weighted by Crippen LogP contribution is -2.02. The molecule has 0 aliphatic rings. The number of H-pyrrole nitrogens is 1. The lowest BCUT2D eigenvalue weighted by Gasteiger charge is -1.72. The molecule has 1 aromatic heterocycles. The monoisotopic (exact) mass is 155 g/mol. The van der Waals surface area contributed by atoms with Gasteiger partial charge in [0.15, 0.2) is 0 Å². The number of nitrogens with one attached hydrogen (secondary N) is 1. The van der Waals surface area contributed by atoms with Gasteiger partial charge in [0, 0.05) is 19.2 Å². The molecule has 60 valence electrons. The Labute approximate surface area is 63.2 Å². The highest BCUT2D eigenvalue weighted by Gasteiger charge is 1.70. The van der Waals surface area contributed by atoms with Crippen molar-refractivity contribution in [2.24, 2.45) is 5.73 Å². The molecule has 5 nitrogen and oxygen atoms in total. The maximum absolute atomic E-state index is 10.2. The van der Waals surface area contributed by atoms with Crippen LogP contribution < -0.4 is 11.3 Å². The molecule has 5 heteroatoms. The Balaban J connectivity index is 0.000000218. The van der Waals surface area contributed by atoms with Crippen molar-refractivity contribution in [3.63, 3.8) is 0 Å². The van der Waals surface area contributed by atoms with Crippen LogP contribution in [0.1, 0.15) is 6.92 Å². The number of amides is 1. The Kier molecular flexibility index (Phi) is 4.39. The Bertz CT molecular complexity index is 247. The van der Waals surface area contributed by atoms with Crippen molar-refractivity contribution in [1.82, 2.24) is 10.2 Å². The van der Waals surface area contributed by atoms with Crippen LogP contribution in [0.2, 0.25) is 0 Å². The summed E-state index contributed by atoms with van der Waals surface area (Å²) in [4.78, 5) is 19.4. The molecule has 1 rings (SSSR count). The summed E-state index contributed by atoms with van der Waals surface area (Å²) in [6.07, 6.45) is 1.52. The van der Waals surface area contributed by atoms with Gasteiger partial charge in [-0.2, -0.15) is 5.10 Å². The van der Waals surface area contributed by atoms with Crippen LogP contribution in [0, 0.1) is 0 Å². The van der Waals surface area contributed by atoms with E-state index in [2.05, 4.69) is 15.9 Å². The lowest BCUT2D eigenvalue weighted by molar-refractivity contribution is -0.115.